The summed E-state index contributed by atoms with van der Waals surface area (Å²) in [5, 5.41) is 2.00. The molecule has 5 heteroatoms. The Morgan fingerprint density at radius 3 is 2.38 bits per heavy atom. The second kappa shape index (κ2) is 7.46. The van der Waals surface area contributed by atoms with Crippen LogP contribution in [0.2, 0.25) is 0 Å². The van der Waals surface area contributed by atoms with E-state index in [0.717, 1.165) is 11.3 Å². The molecule has 4 nitrogen and oxygen atoms in total. The van der Waals surface area contributed by atoms with Crippen molar-refractivity contribution in [2.75, 3.05) is 26.2 Å². The second-order valence-corrected chi connectivity index (χ2v) is 7.84. The minimum Gasteiger partial charge on any atom is -0.339 e. The van der Waals surface area contributed by atoms with Crippen LogP contribution >= 0.6 is 11.3 Å². The van der Waals surface area contributed by atoms with Gasteiger partial charge in [-0.3, -0.25) is 9.59 Å². The van der Waals surface area contributed by atoms with Crippen LogP contribution in [0, 0.1) is 5.92 Å². The van der Waals surface area contributed by atoms with Gasteiger partial charge >= 0.3 is 0 Å². The highest BCUT2D eigenvalue weighted by Crippen LogP contribution is 2.48. The van der Waals surface area contributed by atoms with Crippen molar-refractivity contribution in [3.05, 3.63) is 64.4 Å². The maximum absolute atomic E-state index is 12.7. The Bertz CT molecular complexity index is 793. The largest absolute Gasteiger partial charge is 0.339 e. The molecule has 0 N–H and O–H groups in total. The molecule has 2 unspecified atom stereocenters. The molecule has 2 amide bonds. The number of nitrogens with zero attached hydrogens (tertiary/aromatic N) is 2. The van der Waals surface area contributed by atoms with Crippen LogP contribution < -0.4 is 0 Å². The molecule has 0 bridgehead atoms. The van der Waals surface area contributed by atoms with Gasteiger partial charge in [0.15, 0.2) is 0 Å². The topological polar surface area (TPSA) is 40.6 Å². The predicted octanol–water partition coefficient (Wildman–Crippen LogP) is 3.24. The molecular weight excluding hydrogens is 344 g/mol. The number of amides is 2. The highest BCUT2D eigenvalue weighted by molar-refractivity contribution is 7.10. The summed E-state index contributed by atoms with van der Waals surface area (Å²) in [7, 11) is 0. The van der Waals surface area contributed by atoms with Gasteiger partial charge in [-0.15, -0.1) is 11.3 Å². The van der Waals surface area contributed by atoms with Gasteiger partial charge in [0.2, 0.25) is 11.8 Å². The number of benzene rings is 1. The quantitative estimate of drug-likeness (QED) is 0.780. The Hall–Kier alpha value is -2.40. The Kier molecular flexibility index (Phi) is 4.89. The normalized spacial score (nSPS) is 22.6. The Morgan fingerprint density at radius 2 is 1.69 bits per heavy atom. The zero-order valence-electron chi connectivity index (χ0n) is 14.6. The SMILES string of the molecule is O=C(/C=C/c1cccs1)N1CCN(C(=O)C2CC2c2ccccc2)CC1. The van der Waals surface area contributed by atoms with Gasteiger partial charge in [0.25, 0.3) is 0 Å². The fourth-order valence-electron chi connectivity index (χ4n) is 3.56. The van der Waals surface area contributed by atoms with E-state index < -0.39 is 0 Å². The zero-order chi connectivity index (χ0) is 17.9. The molecule has 1 saturated heterocycles. The molecule has 2 heterocycles. The molecule has 134 valence electrons. The number of hydrogen-bond donors (Lipinski definition) is 0. The third-order valence-electron chi connectivity index (χ3n) is 5.17. The van der Waals surface area contributed by atoms with E-state index in [1.807, 2.05) is 51.6 Å². The highest BCUT2D eigenvalue weighted by Gasteiger charge is 2.46. The van der Waals surface area contributed by atoms with Crippen LogP contribution in [0.1, 0.15) is 22.8 Å². The van der Waals surface area contributed by atoms with Crippen molar-refractivity contribution in [2.45, 2.75) is 12.3 Å². The van der Waals surface area contributed by atoms with E-state index >= 15 is 0 Å². The minimum absolute atomic E-state index is 0.0269. The third-order valence-corrected chi connectivity index (χ3v) is 6.01. The minimum atomic E-state index is 0.0269. The smallest absolute Gasteiger partial charge is 0.246 e. The fourth-order valence-corrected chi connectivity index (χ4v) is 4.18. The summed E-state index contributed by atoms with van der Waals surface area (Å²) < 4.78 is 0. The Labute approximate surface area is 157 Å². The lowest BCUT2D eigenvalue weighted by Gasteiger charge is -2.34. The summed E-state index contributed by atoms with van der Waals surface area (Å²) in [5.74, 6) is 0.773. The standard InChI is InChI=1S/C21H22N2O2S/c24-20(9-8-17-7-4-14-26-17)22-10-12-23(13-11-22)21(25)19-15-18(19)16-5-2-1-3-6-16/h1-9,14,18-19H,10-13,15H2/b9-8+. The molecule has 2 fully saturated rings. The van der Waals surface area contributed by atoms with Gasteiger partial charge in [-0.1, -0.05) is 36.4 Å². The zero-order valence-corrected chi connectivity index (χ0v) is 15.4. The van der Waals surface area contributed by atoms with Crippen molar-refractivity contribution in [1.82, 2.24) is 9.80 Å². The highest BCUT2D eigenvalue weighted by atomic mass is 32.1. The van der Waals surface area contributed by atoms with E-state index in [9.17, 15) is 9.59 Å². The first-order chi connectivity index (χ1) is 12.7. The molecule has 2 atom stereocenters. The van der Waals surface area contributed by atoms with Gasteiger partial charge in [-0.05, 0) is 35.4 Å². The van der Waals surface area contributed by atoms with Crippen LogP contribution in [0.15, 0.2) is 53.9 Å². The molecule has 1 aromatic carbocycles. The molecule has 1 aromatic heterocycles. The third kappa shape index (κ3) is 3.73. The van der Waals surface area contributed by atoms with Crippen molar-refractivity contribution < 1.29 is 9.59 Å². The summed E-state index contributed by atoms with van der Waals surface area (Å²) >= 11 is 1.61. The first-order valence-electron chi connectivity index (χ1n) is 9.06. The van der Waals surface area contributed by atoms with E-state index in [0.29, 0.717) is 32.1 Å². The lowest BCUT2D eigenvalue weighted by Crippen LogP contribution is -2.50. The van der Waals surface area contributed by atoms with Crippen molar-refractivity contribution >= 4 is 29.2 Å². The molecule has 1 aliphatic heterocycles. The predicted molar refractivity (Wildman–Crippen MR) is 104 cm³/mol. The van der Waals surface area contributed by atoms with Gasteiger partial charge < -0.3 is 9.80 Å². The van der Waals surface area contributed by atoms with Crippen molar-refractivity contribution in [2.24, 2.45) is 5.92 Å². The number of hydrogen-bond acceptors (Lipinski definition) is 3. The van der Waals surface area contributed by atoms with E-state index in [1.165, 1.54) is 5.56 Å². The summed E-state index contributed by atoms with van der Waals surface area (Å²) in [6.07, 6.45) is 4.44. The van der Waals surface area contributed by atoms with Crippen molar-refractivity contribution in [1.29, 1.82) is 0 Å². The van der Waals surface area contributed by atoms with Crippen molar-refractivity contribution in [3.63, 3.8) is 0 Å². The second-order valence-electron chi connectivity index (χ2n) is 6.86. The summed E-state index contributed by atoms with van der Waals surface area (Å²) in [6, 6.07) is 14.2. The Morgan fingerprint density at radius 1 is 0.962 bits per heavy atom. The van der Waals surface area contributed by atoms with Crippen LogP contribution in [-0.4, -0.2) is 47.8 Å². The first kappa shape index (κ1) is 17.0. The number of carbonyl (C=O) groups is 2. The summed E-state index contributed by atoms with van der Waals surface area (Å²) in [6.45, 7) is 2.50. The van der Waals surface area contributed by atoms with E-state index in [2.05, 4.69) is 12.1 Å². The van der Waals surface area contributed by atoms with Gasteiger partial charge in [-0.2, -0.15) is 0 Å². The number of piperazine rings is 1. The monoisotopic (exact) mass is 366 g/mol. The first-order valence-corrected chi connectivity index (χ1v) is 9.94. The van der Waals surface area contributed by atoms with Gasteiger partial charge in [0.1, 0.15) is 0 Å². The molecule has 1 saturated carbocycles. The maximum Gasteiger partial charge on any atom is 0.246 e. The Balaban J connectivity index is 1.27. The van der Waals surface area contributed by atoms with E-state index in [1.54, 1.807) is 17.4 Å². The van der Waals surface area contributed by atoms with Crippen LogP contribution in [-0.2, 0) is 9.59 Å². The van der Waals surface area contributed by atoms with E-state index in [-0.39, 0.29) is 17.7 Å². The maximum atomic E-state index is 12.7. The van der Waals surface area contributed by atoms with E-state index in [4.69, 9.17) is 0 Å². The lowest BCUT2D eigenvalue weighted by molar-refractivity contribution is -0.138. The van der Waals surface area contributed by atoms with Crippen LogP contribution in [0.5, 0.6) is 0 Å². The lowest BCUT2D eigenvalue weighted by atomic mass is 10.1. The number of rotatable bonds is 4. The molecular formula is C21H22N2O2S. The molecule has 1 aliphatic carbocycles. The number of carbonyl (C=O) groups excluding carboxylic acids is 2. The van der Waals surface area contributed by atoms with Crippen molar-refractivity contribution in [3.8, 4) is 0 Å². The average Bonchev–Trinajstić information content (AvgIpc) is 3.33. The average molecular weight is 366 g/mol. The summed E-state index contributed by atoms with van der Waals surface area (Å²) in [5.41, 5.74) is 1.26. The molecule has 4 rings (SSSR count). The summed E-state index contributed by atoms with van der Waals surface area (Å²) in [4.78, 5) is 29.8. The fraction of sp³-hybridized carbons (Fsp3) is 0.333. The molecule has 2 aliphatic rings. The van der Waals surface area contributed by atoms with Gasteiger partial charge in [0.05, 0.1) is 0 Å². The number of thiophene rings is 1. The molecule has 0 radical (unpaired) electrons. The van der Waals surface area contributed by atoms with Gasteiger partial charge in [0, 0.05) is 43.1 Å². The van der Waals surface area contributed by atoms with Crippen LogP contribution in [0.3, 0.4) is 0 Å². The molecule has 26 heavy (non-hydrogen) atoms. The van der Waals surface area contributed by atoms with Crippen LogP contribution in [0.4, 0.5) is 0 Å². The molecule has 2 aromatic rings. The van der Waals surface area contributed by atoms with Gasteiger partial charge in [-0.25, -0.2) is 0 Å². The molecule has 0 spiro atoms. The van der Waals surface area contributed by atoms with Crippen LogP contribution in [0.25, 0.3) is 6.08 Å².